The number of hydrogen-bond acceptors (Lipinski definition) is 2. The van der Waals surface area contributed by atoms with E-state index in [1.165, 1.54) is 0 Å². The maximum absolute atomic E-state index is 11.9. The van der Waals surface area contributed by atoms with Gasteiger partial charge in [-0.15, -0.1) is 0 Å². The molecule has 3 heteroatoms. The first-order valence-electron chi connectivity index (χ1n) is 4.98. The highest BCUT2D eigenvalue weighted by atomic mass is 32.2. The fraction of sp³-hybridized carbons (Fsp3) is 0.333. The Balaban J connectivity index is 3.06. The summed E-state index contributed by atoms with van der Waals surface area (Å²) >= 11 is 0. The molecule has 0 saturated carbocycles. The van der Waals surface area contributed by atoms with Crippen LogP contribution < -0.4 is 0 Å². The van der Waals surface area contributed by atoms with Crippen molar-refractivity contribution in [1.29, 1.82) is 0 Å². The summed E-state index contributed by atoms with van der Waals surface area (Å²) in [5.41, 5.74) is 1.05. The Morgan fingerprint density at radius 1 is 1.27 bits per heavy atom. The average molecular weight is 224 g/mol. The predicted molar refractivity (Wildman–Crippen MR) is 62.4 cm³/mol. The van der Waals surface area contributed by atoms with Gasteiger partial charge in [0.05, 0.1) is 4.90 Å². The third-order valence-electron chi connectivity index (χ3n) is 2.24. The molecule has 0 N–H and O–H groups in total. The van der Waals surface area contributed by atoms with Crippen molar-refractivity contribution in [1.82, 2.24) is 0 Å². The quantitative estimate of drug-likeness (QED) is 0.787. The Morgan fingerprint density at radius 2 is 1.80 bits per heavy atom. The van der Waals surface area contributed by atoms with Crippen LogP contribution in [0.1, 0.15) is 25.3 Å². The van der Waals surface area contributed by atoms with Gasteiger partial charge in [-0.3, -0.25) is 0 Å². The normalized spacial score (nSPS) is 11.3. The second kappa shape index (κ2) is 4.62. The van der Waals surface area contributed by atoms with Crippen LogP contribution in [-0.2, 0) is 9.84 Å². The highest BCUT2D eigenvalue weighted by Gasteiger charge is 2.17. The lowest BCUT2D eigenvalue weighted by Gasteiger charge is -2.06. The molecule has 0 aromatic heterocycles. The lowest BCUT2D eigenvalue weighted by atomic mass is 10.2. The van der Waals surface area contributed by atoms with Gasteiger partial charge in [0.1, 0.15) is 0 Å². The lowest BCUT2D eigenvalue weighted by molar-refractivity contribution is 0.600. The second-order valence-electron chi connectivity index (χ2n) is 3.61. The van der Waals surface area contributed by atoms with E-state index in [1.54, 1.807) is 24.3 Å². The third-order valence-corrected chi connectivity index (χ3v) is 4.10. The molecular weight excluding hydrogens is 208 g/mol. The van der Waals surface area contributed by atoms with Crippen molar-refractivity contribution in [2.45, 2.75) is 31.6 Å². The minimum Gasteiger partial charge on any atom is -0.219 e. The SMILES string of the molecule is C=C(CCC)S(=O)(=O)c1ccc(C)cc1. The van der Waals surface area contributed by atoms with E-state index in [2.05, 4.69) is 6.58 Å². The number of rotatable bonds is 4. The van der Waals surface area contributed by atoms with Crippen LogP contribution >= 0.6 is 0 Å². The molecule has 1 aromatic rings. The molecule has 0 bridgehead atoms. The molecule has 15 heavy (non-hydrogen) atoms. The number of benzene rings is 1. The van der Waals surface area contributed by atoms with Crippen LogP contribution in [0.3, 0.4) is 0 Å². The Kier molecular flexibility index (Phi) is 3.69. The van der Waals surface area contributed by atoms with Crippen molar-refractivity contribution in [3.63, 3.8) is 0 Å². The van der Waals surface area contributed by atoms with Gasteiger partial charge in [0.15, 0.2) is 0 Å². The molecule has 0 spiro atoms. The van der Waals surface area contributed by atoms with Gasteiger partial charge < -0.3 is 0 Å². The molecule has 0 saturated heterocycles. The third kappa shape index (κ3) is 2.69. The van der Waals surface area contributed by atoms with Crippen molar-refractivity contribution in [2.75, 3.05) is 0 Å². The number of sulfone groups is 1. The highest BCUT2D eigenvalue weighted by Crippen LogP contribution is 2.21. The van der Waals surface area contributed by atoms with Crippen molar-refractivity contribution >= 4 is 9.84 Å². The van der Waals surface area contributed by atoms with Crippen LogP contribution in [0.15, 0.2) is 40.6 Å². The Bertz CT molecular complexity index is 441. The van der Waals surface area contributed by atoms with Gasteiger partial charge >= 0.3 is 0 Å². The van der Waals surface area contributed by atoms with Crippen molar-refractivity contribution in [2.24, 2.45) is 0 Å². The van der Waals surface area contributed by atoms with E-state index >= 15 is 0 Å². The van der Waals surface area contributed by atoms with Gasteiger partial charge in [-0.25, -0.2) is 8.42 Å². The Hall–Kier alpha value is -1.09. The lowest BCUT2D eigenvalue weighted by Crippen LogP contribution is -2.03. The molecule has 0 radical (unpaired) electrons. The van der Waals surface area contributed by atoms with E-state index in [4.69, 9.17) is 0 Å². The summed E-state index contributed by atoms with van der Waals surface area (Å²) in [4.78, 5) is 0.639. The fourth-order valence-corrected chi connectivity index (χ4v) is 2.60. The number of aryl methyl sites for hydroxylation is 1. The molecule has 0 aliphatic heterocycles. The standard InChI is InChI=1S/C12H16O2S/c1-4-5-11(3)15(13,14)12-8-6-10(2)7-9-12/h6-9H,3-5H2,1-2H3. The summed E-state index contributed by atoms with van der Waals surface area (Å²) in [6.45, 7) is 7.50. The summed E-state index contributed by atoms with van der Waals surface area (Å²) in [5.74, 6) is 0. The van der Waals surface area contributed by atoms with Crippen molar-refractivity contribution < 1.29 is 8.42 Å². The maximum Gasteiger partial charge on any atom is 0.202 e. The minimum absolute atomic E-state index is 0.300. The Morgan fingerprint density at radius 3 is 2.27 bits per heavy atom. The van der Waals surface area contributed by atoms with E-state index in [0.29, 0.717) is 16.2 Å². The molecule has 2 nitrogen and oxygen atoms in total. The largest absolute Gasteiger partial charge is 0.219 e. The van der Waals surface area contributed by atoms with Gasteiger partial charge in [-0.2, -0.15) is 0 Å². The van der Waals surface area contributed by atoms with Crippen molar-refractivity contribution in [3.05, 3.63) is 41.3 Å². The molecule has 0 heterocycles. The van der Waals surface area contributed by atoms with Crippen LogP contribution in [-0.4, -0.2) is 8.42 Å². The topological polar surface area (TPSA) is 34.1 Å². The first kappa shape index (κ1) is 12.0. The second-order valence-corrected chi connectivity index (χ2v) is 5.66. The van der Waals surface area contributed by atoms with Gasteiger partial charge in [0.2, 0.25) is 9.84 Å². The van der Waals surface area contributed by atoms with Gasteiger partial charge in [0, 0.05) is 4.91 Å². The van der Waals surface area contributed by atoms with Crippen LogP contribution in [0.4, 0.5) is 0 Å². The maximum atomic E-state index is 11.9. The molecule has 0 aliphatic carbocycles. The first-order valence-corrected chi connectivity index (χ1v) is 6.46. The van der Waals surface area contributed by atoms with E-state index in [9.17, 15) is 8.42 Å². The van der Waals surface area contributed by atoms with E-state index in [1.807, 2.05) is 13.8 Å². The summed E-state index contributed by atoms with van der Waals surface area (Å²) in [5, 5.41) is 0. The smallest absolute Gasteiger partial charge is 0.202 e. The summed E-state index contributed by atoms with van der Waals surface area (Å²) in [7, 11) is -3.31. The molecule has 1 rings (SSSR count). The van der Waals surface area contributed by atoms with E-state index < -0.39 is 9.84 Å². The average Bonchev–Trinajstić information content (AvgIpc) is 2.18. The number of hydrogen-bond donors (Lipinski definition) is 0. The molecule has 82 valence electrons. The fourth-order valence-electron chi connectivity index (χ4n) is 1.30. The molecule has 1 aromatic carbocycles. The zero-order valence-corrected chi connectivity index (χ0v) is 9.97. The molecule has 0 fully saturated rings. The predicted octanol–water partition coefficient (Wildman–Crippen LogP) is 3.08. The molecule has 0 aliphatic rings. The van der Waals surface area contributed by atoms with Gasteiger partial charge in [-0.05, 0) is 25.5 Å². The summed E-state index contributed by atoms with van der Waals surface area (Å²) in [6, 6.07) is 6.86. The van der Waals surface area contributed by atoms with Crippen LogP contribution in [0, 0.1) is 6.92 Å². The van der Waals surface area contributed by atoms with Crippen LogP contribution in [0.25, 0.3) is 0 Å². The van der Waals surface area contributed by atoms with Crippen LogP contribution in [0.5, 0.6) is 0 Å². The van der Waals surface area contributed by atoms with Gasteiger partial charge in [0.25, 0.3) is 0 Å². The van der Waals surface area contributed by atoms with E-state index in [0.717, 1.165) is 12.0 Å². The monoisotopic (exact) mass is 224 g/mol. The summed E-state index contributed by atoms with van der Waals surface area (Å²) in [6.07, 6.45) is 1.32. The zero-order valence-electron chi connectivity index (χ0n) is 9.16. The van der Waals surface area contributed by atoms with Crippen LogP contribution in [0.2, 0.25) is 0 Å². The first-order chi connectivity index (χ1) is 6.98. The molecule has 0 amide bonds. The summed E-state index contributed by atoms with van der Waals surface area (Å²) < 4.78 is 23.9. The molecular formula is C12H16O2S. The van der Waals surface area contributed by atoms with Gasteiger partial charge in [-0.1, -0.05) is 37.6 Å². The highest BCUT2D eigenvalue weighted by molar-refractivity contribution is 7.95. The number of allylic oxidation sites excluding steroid dienone is 1. The molecule has 0 unspecified atom stereocenters. The zero-order chi connectivity index (χ0) is 11.5. The van der Waals surface area contributed by atoms with Crippen molar-refractivity contribution in [3.8, 4) is 0 Å². The van der Waals surface area contributed by atoms with E-state index in [-0.39, 0.29) is 0 Å². The Labute approximate surface area is 91.6 Å². The minimum atomic E-state index is -3.31. The molecule has 0 atom stereocenters.